The van der Waals surface area contributed by atoms with Crippen molar-refractivity contribution in [2.24, 2.45) is 0 Å². The van der Waals surface area contributed by atoms with Crippen molar-refractivity contribution in [3.8, 4) is 0 Å². The van der Waals surface area contributed by atoms with Crippen molar-refractivity contribution >= 4 is 0 Å². The van der Waals surface area contributed by atoms with E-state index in [2.05, 4.69) is 19.2 Å². The van der Waals surface area contributed by atoms with E-state index in [1.54, 1.807) is 7.11 Å². The predicted octanol–water partition coefficient (Wildman–Crippen LogP) is 1.82. The van der Waals surface area contributed by atoms with Gasteiger partial charge in [0, 0.05) is 19.7 Å². The van der Waals surface area contributed by atoms with Crippen molar-refractivity contribution < 1.29 is 9.47 Å². The quantitative estimate of drug-likeness (QED) is 0.549. The van der Waals surface area contributed by atoms with Gasteiger partial charge in [0.25, 0.3) is 0 Å². The standard InChI is InChI=1S/C11H25NO2/c1-4-5-6-11(2)12-7-8-14-10-9-13-3/h11-12H,4-10H2,1-3H3. The van der Waals surface area contributed by atoms with E-state index in [4.69, 9.17) is 9.47 Å². The lowest BCUT2D eigenvalue weighted by Gasteiger charge is -2.13. The molecule has 0 heterocycles. The van der Waals surface area contributed by atoms with E-state index >= 15 is 0 Å². The Kier molecular flexibility index (Phi) is 10.9. The van der Waals surface area contributed by atoms with E-state index in [1.165, 1.54) is 19.3 Å². The van der Waals surface area contributed by atoms with Crippen LogP contribution in [0.15, 0.2) is 0 Å². The summed E-state index contributed by atoms with van der Waals surface area (Å²) in [6, 6.07) is 0.612. The molecule has 1 atom stereocenters. The van der Waals surface area contributed by atoms with Gasteiger partial charge in [-0.25, -0.2) is 0 Å². The second-order valence-corrected chi connectivity index (χ2v) is 3.60. The second kappa shape index (κ2) is 11.0. The zero-order chi connectivity index (χ0) is 10.6. The van der Waals surface area contributed by atoms with Crippen molar-refractivity contribution in [2.45, 2.75) is 39.2 Å². The molecule has 1 N–H and O–H groups in total. The normalized spacial score (nSPS) is 13.1. The monoisotopic (exact) mass is 203 g/mol. The first-order chi connectivity index (χ1) is 6.81. The fourth-order valence-corrected chi connectivity index (χ4v) is 1.23. The largest absolute Gasteiger partial charge is 0.382 e. The number of ether oxygens (including phenoxy) is 2. The predicted molar refractivity (Wildman–Crippen MR) is 59.7 cm³/mol. The van der Waals surface area contributed by atoms with Crippen molar-refractivity contribution in [1.29, 1.82) is 0 Å². The molecule has 1 unspecified atom stereocenters. The topological polar surface area (TPSA) is 30.5 Å². The van der Waals surface area contributed by atoms with Crippen LogP contribution in [0.25, 0.3) is 0 Å². The fraction of sp³-hybridized carbons (Fsp3) is 1.00. The lowest BCUT2D eigenvalue weighted by Crippen LogP contribution is -2.29. The highest BCUT2D eigenvalue weighted by atomic mass is 16.5. The van der Waals surface area contributed by atoms with Gasteiger partial charge < -0.3 is 14.8 Å². The number of nitrogens with one attached hydrogen (secondary N) is 1. The molecule has 0 aliphatic heterocycles. The number of hydrogen-bond donors (Lipinski definition) is 1. The average molecular weight is 203 g/mol. The number of methoxy groups -OCH3 is 1. The molecule has 14 heavy (non-hydrogen) atoms. The van der Waals surface area contributed by atoms with Crippen LogP contribution < -0.4 is 5.32 Å². The van der Waals surface area contributed by atoms with Crippen molar-refractivity contribution in [3.05, 3.63) is 0 Å². The summed E-state index contributed by atoms with van der Waals surface area (Å²) in [5, 5.41) is 3.43. The van der Waals surface area contributed by atoms with Gasteiger partial charge in [-0.15, -0.1) is 0 Å². The lowest BCUT2D eigenvalue weighted by atomic mass is 10.1. The summed E-state index contributed by atoms with van der Waals surface area (Å²) in [5.74, 6) is 0. The van der Waals surface area contributed by atoms with E-state index in [9.17, 15) is 0 Å². The third kappa shape index (κ3) is 9.96. The summed E-state index contributed by atoms with van der Waals surface area (Å²) in [4.78, 5) is 0. The summed E-state index contributed by atoms with van der Waals surface area (Å²) in [5.41, 5.74) is 0. The summed E-state index contributed by atoms with van der Waals surface area (Å²) in [6.45, 7) is 7.55. The van der Waals surface area contributed by atoms with Gasteiger partial charge in [0.15, 0.2) is 0 Å². The Morgan fingerprint density at radius 2 is 2.00 bits per heavy atom. The van der Waals surface area contributed by atoms with Gasteiger partial charge in [-0.05, 0) is 13.3 Å². The molecule has 3 heteroatoms. The molecule has 0 aromatic heterocycles. The summed E-state index contributed by atoms with van der Waals surface area (Å²) in [7, 11) is 1.69. The number of unbranched alkanes of at least 4 members (excludes halogenated alkanes) is 1. The van der Waals surface area contributed by atoms with Gasteiger partial charge in [-0.3, -0.25) is 0 Å². The minimum absolute atomic E-state index is 0.612. The molecule has 0 saturated carbocycles. The molecule has 0 saturated heterocycles. The maximum absolute atomic E-state index is 5.34. The Morgan fingerprint density at radius 3 is 2.64 bits per heavy atom. The van der Waals surface area contributed by atoms with Crippen molar-refractivity contribution in [2.75, 3.05) is 33.5 Å². The van der Waals surface area contributed by atoms with Gasteiger partial charge in [-0.1, -0.05) is 19.8 Å². The highest BCUT2D eigenvalue weighted by Gasteiger charge is 1.98. The number of rotatable bonds is 10. The smallest absolute Gasteiger partial charge is 0.0700 e. The highest BCUT2D eigenvalue weighted by molar-refractivity contribution is 4.59. The Bertz CT molecular complexity index is 109. The van der Waals surface area contributed by atoms with Gasteiger partial charge in [-0.2, -0.15) is 0 Å². The van der Waals surface area contributed by atoms with Crippen molar-refractivity contribution in [1.82, 2.24) is 5.32 Å². The molecule has 0 spiro atoms. The molecule has 3 nitrogen and oxygen atoms in total. The first-order valence-corrected chi connectivity index (χ1v) is 5.61. The van der Waals surface area contributed by atoms with Gasteiger partial charge >= 0.3 is 0 Å². The minimum atomic E-state index is 0.612. The SMILES string of the molecule is CCCCC(C)NCCOCCOC. The van der Waals surface area contributed by atoms with Crippen LogP contribution in [0.2, 0.25) is 0 Å². The average Bonchev–Trinajstić information content (AvgIpc) is 2.20. The Hall–Kier alpha value is -0.120. The van der Waals surface area contributed by atoms with Gasteiger partial charge in [0.05, 0.1) is 19.8 Å². The number of hydrogen-bond acceptors (Lipinski definition) is 3. The van der Waals surface area contributed by atoms with E-state index in [0.29, 0.717) is 19.3 Å². The molecule has 0 aromatic rings. The van der Waals surface area contributed by atoms with Crippen LogP contribution in [-0.4, -0.2) is 39.5 Å². The molecule has 0 aliphatic rings. The first kappa shape index (κ1) is 13.9. The van der Waals surface area contributed by atoms with Crippen molar-refractivity contribution in [3.63, 3.8) is 0 Å². The third-order valence-electron chi connectivity index (χ3n) is 2.16. The second-order valence-electron chi connectivity index (χ2n) is 3.60. The minimum Gasteiger partial charge on any atom is -0.382 e. The lowest BCUT2D eigenvalue weighted by molar-refractivity contribution is 0.0711. The molecule has 86 valence electrons. The maximum atomic E-state index is 5.34. The van der Waals surface area contributed by atoms with Crippen LogP contribution in [-0.2, 0) is 9.47 Å². The van der Waals surface area contributed by atoms with Crippen LogP contribution in [0.3, 0.4) is 0 Å². The van der Waals surface area contributed by atoms with Gasteiger partial charge in [0.2, 0.25) is 0 Å². The van der Waals surface area contributed by atoms with Gasteiger partial charge in [0.1, 0.15) is 0 Å². The van der Waals surface area contributed by atoms with E-state index in [-0.39, 0.29) is 0 Å². The molecule has 0 bridgehead atoms. The van der Waals surface area contributed by atoms with E-state index in [1.807, 2.05) is 0 Å². The summed E-state index contributed by atoms with van der Waals surface area (Å²) in [6.07, 6.45) is 3.84. The van der Waals surface area contributed by atoms with Crippen LogP contribution in [0, 0.1) is 0 Å². The molecule has 0 aliphatic carbocycles. The molecule has 0 aromatic carbocycles. The van der Waals surface area contributed by atoms with Crippen LogP contribution >= 0.6 is 0 Å². The van der Waals surface area contributed by atoms with E-state index < -0.39 is 0 Å². The molecular weight excluding hydrogens is 178 g/mol. The Labute approximate surface area is 88.2 Å². The Balaban J connectivity index is 3.02. The van der Waals surface area contributed by atoms with Crippen LogP contribution in [0.4, 0.5) is 0 Å². The highest BCUT2D eigenvalue weighted by Crippen LogP contribution is 1.98. The van der Waals surface area contributed by atoms with Crippen LogP contribution in [0.1, 0.15) is 33.1 Å². The molecule has 0 radical (unpaired) electrons. The molecular formula is C11H25NO2. The fourth-order valence-electron chi connectivity index (χ4n) is 1.23. The first-order valence-electron chi connectivity index (χ1n) is 5.61. The zero-order valence-corrected chi connectivity index (χ0v) is 9.84. The molecule has 0 amide bonds. The maximum Gasteiger partial charge on any atom is 0.0700 e. The van der Waals surface area contributed by atoms with E-state index in [0.717, 1.165) is 13.2 Å². The zero-order valence-electron chi connectivity index (χ0n) is 9.84. The molecule has 0 rings (SSSR count). The third-order valence-corrected chi connectivity index (χ3v) is 2.16. The summed E-state index contributed by atoms with van der Waals surface area (Å²) >= 11 is 0. The Morgan fingerprint density at radius 1 is 1.21 bits per heavy atom. The molecule has 0 fully saturated rings. The van der Waals surface area contributed by atoms with Crippen LogP contribution in [0.5, 0.6) is 0 Å². The summed E-state index contributed by atoms with van der Waals surface area (Å²) < 4.78 is 10.2.